The molecule has 2 aromatic rings. The van der Waals surface area contributed by atoms with E-state index in [1.54, 1.807) is 30.3 Å². The van der Waals surface area contributed by atoms with Crippen LogP contribution in [0.4, 0.5) is 10.1 Å². The number of carbonyl (C=O) groups is 1. The summed E-state index contributed by atoms with van der Waals surface area (Å²) < 4.78 is 18.9. The highest BCUT2D eigenvalue weighted by Crippen LogP contribution is 2.23. The highest BCUT2D eigenvalue weighted by Gasteiger charge is 2.11. The zero-order valence-electron chi connectivity index (χ0n) is 11.1. The van der Waals surface area contributed by atoms with Crippen molar-refractivity contribution in [3.8, 4) is 5.75 Å². The highest BCUT2D eigenvalue weighted by atomic mass is 35.5. The number of anilines is 1. The Balaban J connectivity index is 2.01. The Morgan fingerprint density at radius 3 is 2.71 bits per heavy atom. The number of amides is 1. The van der Waals surface area contributed by atoms with E-state index in [0.717, 1.165) is 0 Å². The van der Waals surface area contributed by atoms with Crippen LogP contribution in [0.2, 0.25) is 5.02 Å². The van der Waals surface area contributed by atoms with Crippen LogP contribution in [0.25, 0.3) is 0 Å². The van der Waals surface area contributed by atoms with Gasteiger partial charge in [-0.1, -0.05) is 35.9 Å². The Hall–Kier alpha value is -2.11. The van der Waals surface area contributed by atoms with Gasteiger partial charge in [-0.25, -0.2) is 4.39 Å². The van der Waals surface area contributed by atoms with Gasteiger partial charge in [-0.05, 0) is 18.2 Å². The quantitative estimate of drug-likeness (QED) is 0.892. The molecular formula is C15H14ClFN2O2. The molecule has 0 heterocycles. The van der Waals surface area contributed by atoms with Crippen molar-refractivity contribution in [1.29, 1.82) is 0 Å². The van der Waals surface area contributed by atoms with Crippen molar-refractivity contribution in [1.82, 2.24) is 0 Å². The molecule has 21 heavy (non-hydrogen) atoms. The summed E-state index contributed by atoms with van der Waals surface area (Å²) in [4.78, 5) is 11.8. The number of para-hydroxylation sites is 2. The summed E-state index contributed by atoms with van der Waals surface area (Å²) in [5.41, 5.74) is 6.48. The summed E-state index contributed by atoms with van der Waals surface area (Å²) in [5.74, 6) is -0.993. The van der Waals surface area contributed by atoms with Crippen molar-refractivity contribution in [2.75, 3.05) is 11.9 Å². The van der Waals surface area contributed by atoms with E-state index in [2.05, 4.69) is 5.32 Å². The number of nitrogens with two attached hydrogens (primary N) is 1. The second-order valence-electron chi connectivity index (χ2n) is 4.25. The van der Waals surface area contributed by atoms with E-state index in [0.29, 0.717) is 16.3 Å². The van der Waals surface area contributed by atoms with E-state index in [1.165, 1.54) is 12.1 Å². The maximum absolute atomic E-state index is 13.6. The third-order valence-electron chi connectivity index (χ3n) is 2.76. The van der Waals surface area contributed by atoms with Crippen molar-refractivity contribution in [3.05, 3.63) is 58.9 Å². The smallest absolute Gasteiger partial charge is 0.262 e. The Morgan fingerprint density at radius 1 is 1.24 bits per heavy atom. The van der Waals surface area contributed by atoms with Crippen molar-refractivity contribution in [2.45, 2.75) is 6.54 Å². The number of hydrogen-bond acceptors (Lipinski definition) is 3. The fourth-order valence-electron chi connectivity index (χ4n) is 1.76. The molecule has 0 aliphatic carbocycles. The third kappa shape index (κ3) is 3.93. The maximum atomic E-state index is 13.6. The molecule has 0 atom stereocenters. The first-order chi connectivity index (χ1) is 10.1. The van der Waals surface area contributed by atoms with Gasteiger partial charge in [0.05, 0.1) is 10.7 Å². The molecule has 2 rings (SSSR count). The van der Waals surface area contributed by atoms with Gasteiger partial charge in [-0.15, -0.1) is 0 Å². The number of ether oxygens (including phenoxy) is 1. The fourth-order valence-corrected chi connectivity index (χ4v) is 1.95. The topological polar surface area (TPSA) is 64.3 Å². The van der Waals surface area contributed by atoms with Gasteiger partial charge in [0.15, 0.2) is 18.2 Å². The van der Waals surface area contributed by atoms with Crippen LogP contribution >= 0.6 is 11.6 Å². The van der Waals surface area contributed by atoms with Crippen molar-refractivity contribution in [3.63, 3.8) is 0 Å². The Morgan fingerprint density at radius 2 is 2.00 bits per heavy atom. The molecule has 6 heteroatoms. The average Bonchev–Trinajstić information content (AvgIpc) is 2.48. The second-order valence-corrected chi connectivity index (χ2v) is 4.66. The van der Waals surface area contributed by atoms with E-state index in [1.807, 2.05) is 0 Å². The first-order valence-corrected chi connectivity index (χ1v) is 6.64. The molecule has 0 fully saturated rings. The van der Waals surface area contributed by atoms with Gasteiger partial charge in [-0.3, -0.25) is 4.79 Å². The summed E-state index contributed by atoms with van der Waals surface area (Å²) in [7, 11) is 0. The van der Waals surface area contributed by atoms with Gasteiger partial charge >= 0.3 is 0 Å². The minimum atomic E-state index is -0.552. The Labute approximate surface area is 126 Å². The lowest BCUT2D eigenvalue weighted by molar-refractivity contribution is -0.118. The Bertz CT molecular complexity index is 649. The first-order valence-electron chi connectivity index (χ1n) is 6.26. The summed E-state index contributed by atoms with van der Waals surface area (Å²) in [6.45, 7) is -0.210. The van der Waals surface area contributed by atoms with E-state index in [4.69, 9.17) is 22.1 Å². The summed E-state index contributed by atoms with van der Waals surface area (Å²) in [6, 6.07) is 11.2. The van der Waals surface area contributed by atoms with Crippen LogP contribution in [0, 0.1) is 5.82 Å². The fraction of sp³-hybridized carbons (Fsp3) is 0.133. The first kappa shape index (κ1) is 15.3. The molecule has 0 aliphatic heterocycles. The third-order valence-corrected chi connectivity index (χ3v) is 3.09. The van der Waals surface area contributed by atoms with Crippen LogP contribution in [0.3, 0.4) is 0 Å². The summed E-state index contributed by atoms with van der Waals surface area (Å²) in [5, 5.41) is 3.00. The van der Waals surface area contributed by atoms with Crippen LogP contribution in [0.15, 0.2) is 42.5 Å². The number of carbonyl (C=O) groups excluding carboxylic acids is 1. The van der Waals surface area contributed by atoms with E-state index >= 15 is 0 Å². The van der Waals surface area contributed by atoms with Gasteiger partial charge < -0.3 is 15.8 Å². The molecule has 110 valence electrons. The summed E-state index contributed by atoms with van der Waals surface area (Å²) in [6.07, 6.45) is 0. The molecular weight excluding hydrogens is 295 g/mol. The van der Waals surface area contributed by atoms with Crippen LogP contribution in [-0.4, -0.2) is 12.5 Å². The molecule has 0 spiro atoms. The number of halogens is 2. The van der Waals surface area contributed by atoms with Gasteiger partial charge in [-0.2, -0.15) is 0 Å². The second kappa shape index (κ2) is 7.06. The Kier molecular flexibility index (Phi) is 5.14. The molecule has 0 radical (unpaired) electrons. The molecule has 0 unspecified atom stereocenters. The minimum Gasteiger partial charge on any atom is -0.480 e. The van der Waals surface area contributed by atoms with Crippen LogP contribution < -0.4 is 15.8 Å². The van der Waals surface area contributed by atoms with Crippen molar-refractivity contribution >= 4 is 23.2 Å². The molecule has 0 aliphatic rings. The average molecular weight is 309 g/mol. The number of hydrogen-bond donors (Lipinski definition) is 2. The normalized spacial score (nSPS) is 10.2. The molecule has 0 saturated carbocycles. The molecule has 0 bridgehead atoms. The van der Waals surface area contributed by atoms with E-state index in [-0.39, 0.29) is 18.9 Å². The number of rotatable bonds is 5. The SMILES string of the molecule is NCc1cccc(F)c1OCC(=O)Nc1ccccc1Cl. The molecule has 1 amide bonds. The maximum Gasteiger partial charge on any atom is 0.262 e. The monoisotopic (exact) mass is 308 g/mol. The van der Waals surface area contributed by atoms with Crippen LogP contribution in [0.5, 0.6) is 5.75 Å². The number of benzene rings is 2. The predicted molar refractivity (Wildman–Crippen MR) is 79.9 cm³/mol. The lowest BCUT2D eigenvalue weighted by Gasteiger charge is -2.12. The lowest BCUT2D eigenvalue weighted by atomic mass is 10.2. The predicted octanol–water partition coefficient (Wildman–Crippen LogP) is 2.96. The van der Waals surface area contributed by atoms with Gasteiger partial charge in [0.1, 0.15) is 0 Å². The van der Waals surface area contributed by atoms with Crippen molar-refractivity contribution < 1.29 is 13.9 Å². The molecule has 0 saturated heterocycles. The van der Waals surface area contributed by atoms with Gasteiger partial charge in [0.2, 0.25) is 0 Å². The van der Waals surface area contributed by atoms with Gasteiger partial charge in [0.25, 0.3) is 5.91 Å². The number of nitrogens with one attached hydrogen (secondary N) is 1. The highest BCUT2D eigenvalue weighted by molar-refractivity contribution is 6.33. The van der Waals surface area contributed by atoms with Crippen LogP contribution in [-0.2, 0) is 11.3 Å². The van der Waals surface area contributed by atoms with Gasteiger partial charge in [0, 0.05) is 12.1 Å². The van der Waals surface area contributed by atoms with E-state index in [9.17, 15) is 9.18 Å². The molecule has 0 aromatic heterocycles. The van der Waals surface area contributed by atoms with Crippen LogP contribution in [0.1, 0.15) is 5.56 Å². The molecule has 4 nitrogen and oxygen atoms in total. The van der Waals surface area contributed by atoms with Crippen molar-refractivity contribution in [2.24, 2.45) is 5.73 Å². The molecule has 2 aromatic carbocycles. The zero-order chi connectivity index (χ0) is 15.2. The zero-order valence-corrected chi connectivity index (χ0v) is 11.9. The minimum absolute atomic E-state index is 0.00527. The standard InChI is InChI=1S/C15H14ClFN2O2/c16-11-5-1-2-7-13(11)19-14(20)9-21-15-10(8-18)4-3-6-12(15)17/h1-7H,8-9,18H2,(H,19,20). The largest absolute Gasteiger partial charge is 0.480 e. The summed E-state index contributed by atoms with van der Waals surface area (Å²) >= 11 is 5.93. The molecule has 3 N–H and O–H groups in total. The lowest BCUT2D eigenvalue weighted by Crippen LogP contribution is -2.21. The van der Waals surface area contributed by atoms with E-state index < -0.39 is 11.7 Å².